The minimum Gasteiger partial charge on any atom is -0.377 e. The summed E-state index contributed by atoms with van der Waals surface area (Å²) in [5.41, 5.74) is 1.08. The van der Waals surface area contributed by atoms with Gasteiger partial charge in [0.05, 0.1) is 24.9 Å². The molecule has 0 amide bonds. The highest BCUT2D eigenvalue weighted by molar-refractivity contribution is 5.40. The van der Waals surface area contributed by atoms with E-state index in [9.17, 15) is 0 Å². The smallest absolute Gasteiger partial charge is 0.129 e. The molecule has 0 radical (unpaired) electrons. The van der Waals surface area contributed by atoms with Gasteiger partial charge in [0.1, 0.15) is 5.82 Å². The summed E-state index contributed by atoms with van der Waals surface area (Å²) < 4.78 is 5.43. The van der Waals surface area contributed by atoms with Gasteiger partial charge in [-0.1, -0.05) is 6.07 Å². The van der Waals surface area contributed by atoms with Crippen LogP contribution in [0.1, 0.15) is 12.6 Å². The number of morpholine rings is 1. The lowest BCUT2D eigenvalue weighted by Crippen LogP contribution is -2.44. The summed E-state index contributed by atoms with van der Waals surface area (Å²) in [5, 5.41) is 3.12. The van der Waals surface area contributed by atoms with Crippen molar-refractivity contribution in [1.82, 2.24) is 10.3 Å². The van der Waals surface area contributed by atoms with Crippen molar-refractivity contribution in [2.45, 2.75) is 19.5 Å². The number of rotatable bonds is 3. The first-order valence-corrected chi connectivity index (χ1v) is 5.76. The normalized spacial score (nSPS) is 21.1. The van der Waals surface area contributed by atoms with Gasteiger partial charge in [0.15, 0.2) is 0 Å². The summed E-state index contributed by atoms with van der Waals surface area (Å²) in [5.74, 6) is 1.06. The number of pyridine rings is 1. The third-order valence-electron chi connectivity index (χ3n) is 2.81. The zero-order valence-corrected chi connectivity index (χ0v) is 9.94. The van der Waals surface area contributed by atoms with Crippen molar-refractivity contribution < 1.29 is 4.74 Å². The molecule has 1 saturated heterocycles. The molecule has 0 saturated carbocycles. The summed E-state index contributed by atoms with van der Waals surface area (Å²) in [6.07, 6.45) is 0. The summed E-state index contributed by atoms with van der Waals surface area (Å²) in [4.78, 5) is 6.95. The van der Waals surface area contributed by atoms with Gasteiger partial charge < -0.3 is 15.0 Å². The number of aromatic nitrogens is 1. The van der Waals surface area contributed by atoms with Crippen molar-refractivity contribution in [1.29, 1.82) is 0 Å². The molecule has 0 bridgehead atoms. The fraction of sp³-hybridized carbons (Fsp3) is 0.583. The van der Waals surface area contributed by atoms with Crippen LogP contribution in [0.15, 0.2) is 18.2 Å². The first kappa shape index (κ1) is 11.4. The molecule has 88 valence electrons. The molecule has 2 heterocycles. The fourth-order valence-electron chi connectivity index (χ4n) is 1.97. The topological polar surface area (TPSA) is 37.4 Å². The van der Waals surface area contributed by atoms with Crippen LogP contribution in [-0.4, -0.2) is 37.8 Å². The Morgan fingerprint density at radius 3 is 3.19 bits per heavy atom. The van der Waals surface area contributed by atoms with Crippen molar-refractivity contribution in [3.63, 3.8) is 0 Å². The first-order valence-electron chi connectivity index (χ1n) is 5.76. The highest BCUT2D eigenvalue weighted by Gasteiger charge is 2.19. The fourth-order valence-corrected chi connectivity index (χ4v) is 1.97. The Morgan fingerprint density at radius 2 is 2.44 bits per heavy atom. The quantitative estimate of drug-likeness (QED) is 0.827. The monoisotopic (exact) mass is 221 g/mol. The Balaban J connectivity index is 2.15. The summed E-state index contributed by atoms with van der Waals surface area (Å²) in [6.45, 7) is 5.50. The summed E-state index contributed by atoms with van der Waals surface area (Å²) >= 11 is 0. The van der Waals surface area contributed by atoms with Gasteiger partial charge in [-0.2, -0.15) is 0 Å². The largest absolute Gasteiger partial charge is 0.377 e. The highest BCUT2D eigenvalue weighted by atomic mass is 16.5. The molecule has 4 nitrogen and oxygen atoms in total. The maximum Gasteiger partial charge on any atom is 0.129 e. The molecule has 0 aromatic carbocycles. The predicted molar refractivity (Wildman–Crippen MR) is 64.6 cm³/mol. The van der Waals surface area contributed by atoms with E-state index < -0.39 is 0 Å². The second kappa shape index (κ2) is 5.27. The lowest BCUT2D eigenvalue weighted by molar-refractivity contribution is 0.0985. The SMILES string of the molecule is CNCc1cccc(N2CCOCC2C)n1. The van der Waals surface area contributed by atoms with Gasteiger partial charge in [-0.25, -0.2) is 4.98 Å². The summed E-state index contributed by atoms with van der Waals surface area (Å²) in [7, 11) is 1.94. The van der Waals surface area contributed by atoms with E-state index >= 15 is 0 Å². The molecule has 1 fully saturated rings. The van der Waals surface area contributed by atoms with Crippen LogP contribution in [0.4, 0.5) is 5.82 Å². The van der Waals surface area contributed by atoms with Crippen LogP contribution in [0, 0.1) is 0 Å². The molecule has 0 aliphatic carbocycles. The second-order valence-corrected chi connectivity index (χ2v) is 4.13. The molecule has 0 spiro atoms. The molecular weight excluding hydrogens is 202 g/mol. The lowest BCUT2D eigenvalue weighted by Gasteiger charge is -2.34. The van der Waals surface area contributed by atoms with E-state index in [-0.39, 0.29) is 0 Å². The van der Waals surface area contributed by atoms with Gasteiger partial charge in [-0.15, -0.1) is 0 Å². The molecule has 1 atom stereocenters. The summed E-state index contributed by atoms with van der Waals surface area (Å²) in [6, 6.07) is 6.59. The number of ether oxygens (including phenoxy) is 1. The van der Waals surface area contributed by atoms with Crippen molar-refractivity contribution in [3.8, 4) is 0 Å². The Kier molecular flexibility index (Phi) is 3.74. The molecular formula is C12H19N3O. The van der Waals surface area contributed by atoms with Crippen LogP contribution in [0.3, 0.4) is 0 Å². The minimum atomic E-state index is 0.408. The van der Waals surface area contributed by atoms with Crippen molar-refractivity contribution in [3.05, 3.63) is 23.9 Å². The standard InChI is InChI=1S/C12H19N3O/c1-10-9-16-7-6-15(10)12-5-3-4-11(14-12)8-13-2/h3-5,10,13H,6-9H2,1-2H3. The average Bonchev–Trinajstić information content (AvgIpc) is 2.30. The molecule has 2 rings (SSSR count). The van der Waals surface area contributed by atoms with E-state index in [1.165, 1.54) is 0 Å². The number of hydrogen-bond donors (Lipinski definition) is 1. The number of nitrogens with one attached hydrogen (secondary N) is 1. The number of anilines is 1. The Morgan fingerprint density at radius 1 is 1.56 bits per heavy atom. The van der Waals surface area contributed by atoms with Gasteiger partial charge in [0.2, 0.25) is 0 Å². The third-order valence-corrected chi connectivity index (χ3v) is 2.81. The van der Waals surface area contributed by atoms with Crippen LogP contribution in [0.5, 0.6) is 0 Å². The second-order valence-electron chi connectivity index (χ2n) is 4.13. The molecule has 1 aliphatic heterocycles. The van der Waals surface area contributed by atoms with E-state index in [0.717, 1.165) is 37.8 Å². The van der Waals surface area contributed by atoms with Crippen LogP contribution in [0.25, 0.3) is 0 Å². The maximum absolute atomic E-state index is 5.43. The maximum atomic E-state index is 5.43. The van der Waals surface area contributed by atoms with Gasteiger partial charge in [-0.3, -0.25) is 0 Å². The van der Waals surface area contributed by atoms with E-state index in [4.69, 9.17) is 4.74 Å². The van der Waals surface area contributed by atoms with Crippen LogP contribution in [-0.2, 0) is 11.3 Å². The number of nitrogens with zero attached hydrogens (tertiary/aromatic N) is 2. The van der Waals surface area contributed by atoms with Crippen LogP contribution in [0.2, 0.25) is 0 Å². The molecule has 1 unspecified atom stereocenters. The highest BCUT2D eigenvalue weighted by Crippen LogP contribution is 2.17. The zero-order valence-electron chi connectivity index (χ0n) is 9.94. The van der Waals surface area contributed by atoms with E-state index in [1.54, 1.807) is 0 Å². The van der Waals surface area contributed by atoms with Crippen molar-refractivity contribution in [2.24, 2.45) is 0 Å². The van der Waals surface area contributed by atoms with Crippen molar-refractivity contribution in [2.75, 3.05) is 31.7 Å². The Bertz CT molecular complexity index is 343. The lowest BCUT2D eigenvalue weighted by atomic mass is 10.2. The minimum absolute atomic E-state index is 0.408. The molecule has 4 heteroatoms. The van der Waals surface area contributed by atoms with E-state index in [0.29, 0.717) is 6.04 Å². The van der Waals surface area contributed by atoms with Crippen molar-refractivity contribution >= 4 is 5.82 Å². The van der Waals surface area contributed by atoms with Gasteiger partial charge in [0.25, 0.3) is 0 Å². The Labute approximate surface area is 96.6 Å². The van der Waals surface area contributed by atoms with E-state index in [2.05, 4.69) is 34.3 Å². The first-order chi connectivity index (χ1) is 7.81. The van der Waals surface area contributed by atoms with E-state index in [1.807, 2.05) is 13.1 Å². The van der Waals surface area contributed by atoms with Gasteiger partial charge in [0, 0.05) is 13.1 Å². The number of hydrogen-bond acceptors (Lipinski definition) is 4. The molecule has 1 aromatic rings. The van der Waals surface area contributed by atoms with Gasteiger partial charge in [-0.05, 0) is 26.1 Å². The predicted octanol–water partition coefficient (Wildman–Crippen LogP) is 1.03. The molecule has 16 heavy (non-hydrogen) atoms. The van der Waals surface area contributed by atoms with Crippen LogP contribution < -0.4 is 10.2 Å². The van der Waals surface area contributed by atoms with Gasteiger partial charge >= 0.3 is 0 Å². The molecule has 1 N–H and O–H groups in total. The third kappa shape index (κ3) is 2.51. The molecule has 1 aromatic heterocycles. The Hall–Kier alpha value is -1.13. The van der Waals surface area contributed by atoms with Crippen LogP contribution >= 0.6 is 0 Å². The average molecular weight is 221 g/mol. The molecule has 1 aliphatic rings. The zero-order chi connectivity index (χ0) is 11.4.